The van der Waals surface area contributed by atoms with Gasteiger partial charge in [-0.15, -0.1) is 0 Å². The lowest BCUT2D eigenvalue weighted by Crippen LogP contribution is -2.41. The van der Waals surface area contributed by atoms with Gasteiger partial charge in [0.25, 0.3) is 0 Å². The molecule has 0 bridgehead atoms. The first-order valence-corrected chi connectivity index (χ1v) is 10.4. The SMILES string of the molecule is CC(=O)Nc1ccc(C=CC(=O)c2sc(NC(=S)NC(=O)C(C)(C)C)nc2C)cc1. The lowest BCUT2D eigenvalue weighted by Gasteiger charge is -2.17. The number of anilines is 2. The van der Waals surface area contributed by atoms with E-state index in [1.165, 1.54) is 24.3 Å². The Hall–Kier alpha value is -2.91. The number of thiazole rings is 1. The van der Waals surface area contributed by atoms with Gasteiger partial charge in [0.05, 0.1) is 10.6 Å². The van der Waals surface area contributed by atoms with Crippen molar-refractivity contribution >= 4 is 63.2 Å². The van der Waals surface area contributed by atoms with Gasteiger partial charge in [0, 0.05) is 18.0 Å². The summed E-state index contributed by atoms with van der Waals surface area (Å²) in [6.07, 6.45) is 3.16. The molecular weight excluding hydrogens is 420 g/mol. The fraction of sp³-hybridized carbons (Fsp3) is 0.286. The minimum Gasteiger partial charge on any atom is -0.326 e. The van der Waals surface area contributed by atoms with E-state index in [1.54, 1.807) is 58.0 Å². The molecule has 0 aliphatic heterocycles. The molecule has 7 nitrogen and oxygen atoms in total. The van der Waals surface area contributed by atoms with Crippen LogP contribution in [0.2, 0.25) is 0 Å². The third kappa shape index (κ3) is 6.85. The van der Waals surface area contributed by atoms with Gasteiger partial charge in [-0.3, -0.25) is 14.4 Å². The monoisotopic (exact) mass is 444 g/mol. The van der Waals surface area contributed by atoms with Gasteiger partial charge < -0.3 is 16.0 Å². The minimum absolute atomic E-state index is 0.137. The number of allylic oxidation sites excluding steroid dienone is 1. The lowest BCUT2D eigenvalue weighted by molar-refractivity contribution is -0.126. The van der Waals surface area contributed by atoms with E-state index in [2.05, 4.69) is 20.9 Å². The zero-order chi connectivity index (χ0) is 22.5. The molecule has 2 amide bonds. The number of nitrogens with one attached hydrogen (secondary N) is 3. The van der Waals surface area contributed by atoms with Gasteiger partial charge in [-0.2, -0.15) is 0 Å². The van der Waals surface area contributed by atoms with Crippen molar-refractivity contribution in [1.82, 2.24) is 10.3 Å². The molecule has 0 aliphatic rings. The van der Waals surface area contributed by atoms with E-state index in [0.29, 0.717) is 21.4 Å². The standard InChI is InChI=1S/C21H24N4O3S2/c1-12-17(30-20(22-12)25-19(29)24-18(28)21(3,4)5)16(27)11-8-14-6-9-15(10-7-14)23-13(2)26/h6-11H,1-5H3,(H,23,26)(H2,22,24,25,28,29). The highest BCUT2D eigenvalue weighted by molar-refractivity contribution is 7.80. The van der Waals surface area contributed by atoms with Gasteiger partial charge in [0.1, 0.15) is 0 Å². The van der Waals surface area contributed by atoms with Crippen LogP contribution in [0.5, 0.6) is 0 Å². The van der Waals surface area contributed by atoms with Crippen LogP contribution in [0.25, 0.3) is 6.08 Å². The number of hydrogen-bond acceptors (Lipinski definition) is 6. The maximum Gasteiger partial charge on any atom is 0.231 e. The molecular formula is C21H24N4O3S2. The first kappa shape index (κ1) is 23.4. The van der Waals surface area contributed by atoms with Crippen LogP contribution in [0.1, 0.15) is 48.6 Å². The van der Waals surface area contributed by atoms with E-state index in [1.807, 2.05) is 0 Å². The molecule has 9 heteroatoms. The third-order valence-electron chi connectivity index (χ3n) is 3.81. The predicted octanol–water partition coefficient (Wildman–Crippen LogP) is 4.17. The largest absolute Gasteiger partial charge is 0.326 e. The number of hydrogen-bond donors (Lipinski definition) is 3. The van der Waals surface area contributed by atoms with E-state index < -0.39 is 5.41 Å². The summed E-state index contributed by atoms with van der Waals surface area (Å²) < 4.78 is 0. The van der Waals surface area contributed by atoms with Crippen LogP contribution in [0.3, 0.4) is 0 Å². The summed E-state index contributed by atoms with van der Waals surface area (Å²) in [6.45, 7) is 8.54. The summed E-state index contributed by atoms with van der Waals surface area (Å²) in [5.41, 5.74) is 1.51. The topological polar surface area (TPSA) is 100 Å². The van der Waals surface area contributed by atoms with E-state index in [0.717, 1.165) is 5.56 Å². The van der Waals surface area contributed by atoms with Crippen molar-refractivity contribution in [2.24, 2.45) is 5.41 Å². The molecule has 0 unspecified atom stereocenters. The first-order valence-electron chi connectivity index (χ1n) is 9.15. The highest BCUT2D eigenvalue weighted by Crippen LogP contribution is 2.24. The molecule has 3 N–H and O–H groups in total. The number of thiocarbonyl (C=S) groups is 1. The molecule has 0 spiro atoms. The lowest BCUT2D eigenvalue weighted by atomic mass is 9.96. The number of rotatable bonds is 5. The Morgan fingerprint density at radius 2 is 1.73 bits per heavy atom. The molecule has 0 aliphatic carbocycles. The average molecular weight is 445 g/mol. The number of aromatic nitrogens is 1. The number of nitrogens with zero attached hydrogens (tertiary/aromatic N) is 1. The van der Waals surface area contributed by atoms with E-state index >= 15 is 0 Å². The molecule has 158 valence electrons. The molecule has 30 heavy (non-hydrogen) atoms. The molecule has 1 aromatic heterocycles. The molecule has 1 aromatic carbocycles. The molecule has 1 heterocycles. The van der Waals surface area contributed by atoms with Crippen molar-refractivity contribution in [2.45, 2.75) is 34.6 Å². The number of aryl methyl sites for hydroxylation is 1. The summed E-state index contributed by atoms with van der Waals surface area (Å²) in [7, 11) is 0. The van der Waals surface area contributed by atoms with Gasteiger partial charge in [-0.1, -0.05) is 50.3 Å². The summed E-state index contributed by atoms with van der Waals surface area (Å²) in [6, 6.07) is 7.13. The molecule has 0 saturated carbocycles. The van der Waals surface area contributed by atoms with Gasteiger partial charge in [0.2, 0.25) is 11.8 Å². The number of ketones is 1. The zero-order valence-electron chi connectivity index (χ0n) is 17.5. The van der Waals surface area contributed by atoms with E-state index in [-0.39, 0.29) is 22.7 Å². The van der Waals surface area contributed by atoms with E-state index in [9.17, 15) is 14.4 Å². The van der Waals surface area contributed by atoms with Gasteiger partial charge in [-0.05, 0) is 42.9 Å². The summed E-state index contributed by atoms with van der Waals surface area (Å²) in [5, 5.41) is 8.72. The fourth-order valence-electron chi connectivity index (χ4n) is 2.23. The van der Waals surface area contributed by atoms with Crippen LogP contribution in [0, 0.1) is 12.3 Å². The van der Waals surface area contributed by atoms with Crippen LogP contribution < -0.4 is 16.0 Å². The molecule has 0 saturated heterocycles. The predicted molar refractivity (Wildman–Crippen MR) is 125 cm³/mol. The third-order valence-corrected chi connectivity index (χ3v) is 5.10. The minimum atomic E-state index is -0.573. The molecule has 2 rings (SSSR count). The number of carbonyl (C=O) groups is 3. The second-order valence-corrected chi connectivity index (χ2v) is 9.00. The van der Waals surface area contributed by atoms with E-state index in [4.69, 9.17) is 12.2 Å². The summed E-state index contributed by atoms with van der Waals surface area (Å²) >= 11 is 6.32. The quantitative estimate of drug-likeness (QED) is 0.364. The maximum atomic E-state index is 12.6. The van der Waals surface area contributed by atoms with Crippen LogP contribution in [-0.2, 0) is 9.59 Å². The fourth-order valence-corrected chi connectivity index (χ4v) is 3.37. The number of benzene rings is 1. The van der Waals surface area contributed by atoms with Crippen molar-refractivity contribution in [2.75, 3.05) is 10.6 Å². The van der Waals surface area contributed by atoms with Gasteiger partial charge in [0.15, 0.2) is 16.0 Å². The number of carbonyl (C=O) groups excluding carboxylic acids is 3. The smallest absolute Gasteiger partial charge is 0.231 e. The highest BCUT2D eigenvalue weighted by Gasteiger charge is 2.22. The maximum absolute atomic E-state index is 12.6. The molecule has 0 atom stereocenters. The Balaban J connectivity index is 2.02. The van der Waals surface area contributed by atoms with Crippen molar-refractivity contribution in [3.8, 4) is 0 Å². The van der Waals surface area contributed by atoms with Crippen molar-refractivity contribution in [1.29, 1.82) is 0 Å². The Morgan fingerprint density at radius 1 is 1.10 bits per heavy atom. The Morgan fingerprint density at radius 3 is 2.30 bits per heavy atom. The van der Waals surface area contributed by atoms with Crippen LogP contribution >= 0.6 is 23.6 Å². The Labute approximate surface area is 185 Å². The average Bonchev–Trinajstić information content (AvgIpc) is 2.99. The highest BCUT2D eigenvalue weighted by atomic mass is 32.1. The van der Waals surface area contributed by atoms with Gasteiger partial charge >= 0.3 is 0 Å². The molecule has 0 fully saturated rings. The second kappa shape index (κ2) is 9.73. The Bertz CT molecular complexity index is 1000. The van der Waals surface area contributed by atoms with Crippen LogP contribution in [0.15, 0.2) is 30.3 Å². The summed E-state index contributed by atoms with van der Waals surface area (Å²) in [4.78, 5) is 40.4. The van der Waals surface area contributed by atoms with Crippen molar-refractivity contribution < 1.29 is 14.4 Å². The first-order chi connectivity index (χ1) is 14.0. The Kier molecular flexibility index (Phi) is 7.58. The van der Waals surface area contributed by atoms with Crippen LogP contribution in [-0.4, -0.2) is 27.7 Å². The molecule has 2 aromatic rings. The van der Waals surface area contributed by atoms with Crippen LogP contribution in [0.4, 0.5) is 10.8 Å². The zero-order valence-corrected chi connectivity index (χ0v) is 19.1. The normalized spacial score (nSPS) is 11.2. The van der Waals surface area contributed by atoms with Gasteiger partial charge in [-0.25, -0.2) is 4.98 Å². The van der Waals surface area contributed by atoms with Crippen molar-refractivity contribution in [3.05, 3.63) is 46.5 Å². The number of amides is 2. The van der Waals surface area contributed by atoms with Crippen molar-refractivity contribution in [3.63, 3.8) is 0 Å². The molecule has 0 radical (unpaired) electrons. The summed E-state index contributed by atoms with van der Waals surface area (Å²) in [5.74, 6) is -0.540. The second-order valence-electron chi connectivity index (χ2n) is 7.59.